The van der Waals surface area contributed by atoms with E-state index >= 15 is 0 Å². The number of nitrogens with zero attached hydrogens (tertiary/aromatic N) is 4. The zero-order valence-electron chi connectivity index (χ0n) is 8.38. The molecule has 0 spiro atoms. The summed E-state index contributed by atoms with van der Waals surface area (Å²) < 4.78 is 5.08. The van der Waals surface area contributed by atoms with Gasteiger partial charge in [-0.05, 0) is 11.6 Å². The Morgan fingerprint density at radius 1 is 1.44 bits per heavy atom. The van der Waals surface area contributed by atoms with Gasteiger partial charge >= 0.3 is 0 Å². The average Bonchev–Trinajstić information content (AvgIpc) is 2.29. The van der Waals surface area contributed by atoms with Gasteiger partial charge in [-0.2, -0.15) is 0 Å². The van der Waals surface area contributed by atoms with E-state index in [1.54, 1.807) is 12.1 Å². The molecule has 0 N–H and O–H groups in total. The van der Waals surface area contributed by atoms with Crippen LogP contribution in [-0.4, -0.2) is 12.1 Å². The number of para-hydroxylation sites is 1. The Morgan fingerprint density at radius 3 is 2.88 bits per heavy atom. The predicted octanol–water partition coefficient (Wildman–Crippen LogP) is 3.84. The van der Waals surface area contributed by atoms with E-state index in [2.05, 4.69) is 15.0 Å². The van der Waals surface area contributed by atoms with Gasteiger partial charge in [0.2, 0.25) is 0 Å². The lowest BCUT2D eigenvalue weighted by molar-refractivity contribution is 0.415. The molecule has 5 nitrogen and oxygen atoms in total. The molecule has 0 saturated heterocycles. The molecule has 0 atom stereocenters. The zero-order valence-corrected chi connectivity index (χ0v) is 9.14. The predicted molar refractivity (Wildman–Crippen MR) is 62.1 cm³/mol. The Hall–Kier alpha value is -1.97. The van der Waals surface area contributed by atoms with Crippen molar-refractivity contribution in [3.63, 3.8) is 0 Å². The van der Waals surface area contributed by atoms with Crippen molar-refractivity contribution in [2.45, 2.75) is 0 Å². The van der Waals surface area contributed by atoms with Crippen LogP contribution in [0.5, 0.6) is 5.75 Å². The van der Waals surface area contributed by atoms with Crippen LogP contribution in [0, 0.1) is 0 Å². The van der Waals surface area contributed by atoms with Gasteiger partial charge in [0.25, 0.3) is 0 Å². The smallest absolute Gasteiger partial charge is 0.172 e. The Balaban J connectivity index is 2.92. The number of ether oxygens (including phenoxy) is 1. The van der Waals surface area contributed by atoms with Gasteiger partial charge in [-0.15, -0.1) is 0 Å². The molecule has 6 heteroatoms. The van der Waals surface area contributed by atoms with E-state index in [4.69, 9.17) is 21.9 Å². The largest absolute Gasteiger partial charge is 0.493 e. The number of aromatic nitrogens is 1. The molecule has 0 unspecified atom stereocenters. The third-order valence-electron chi connectivity index (χ3n) is 2.13. The third-order valence-corrected chi connectivity index (χ3v) is 2.39. The fourth-order valence-corrected chi connectivity index (χ4v) is 1.73. The zero-order chi connectivity index (χ0) is 11.5. The Bertz CT molecular complexity index is 593. The van der Waals surface area contributed by atoms with Crippen LogP contribution in [0.4, 0.5) is 5.69 Å². The van der Waals surface area contributed by atoms with E-state index in [0.717, 1.165) is 0 Å². The number of hydrogen-bond donors (Lipinski definition) is 0. The molecular weight excluding hydrogens is 228 g/mol. The maximum Gasteiger partial charge on any atom is 0.172 e. The van der Waals surface area contributed by atoms with Crippen LogP contribution in [0.25, 0.3) is 21.3 Å². The fourth-order valence-electron chi connectivity index (χ4n) is 1.47. The van der Waals surface area contributed by atoms with E-state index < -0.39 is 0 Å². The third kappa shape index (κ3) is 1.62. The summed E-state index contributed by atoms with van der Waals surface area (Å²) in [5.74, 6) is 0.290. The molecule has 0 aliphatic heterocycles. The SMILES string of the molecule is COc1c(Cl)nc2ccccc2c1N=[N+]=[N-]. The molecule has 2 aromatic rings. The minimum Gasteiger partial charge on any atom is -0.493 e. The van der Waals surface area contributed by atoms with Crippen molar-refractivity contribution in [1.29, 1.82) is 0 Å². The topological polar surface area (TPSA) is 70.9 Å². The maximum absolute atomic E-state index is 8.53. The van der Waals surface area contributed by atoms with Crippen LogP contribution < -0.4 is 4.74 Å². The summed E-state index contributed by atoms with van der Waals surface area (Å²) >= 11 is 5.92. The van der Waals surface area contributed by atoms with E-state index in [9.17, 15) is 0 Å². The van der Waals surface area contributed by atoms with E-state index in [0.29, 0.717) is 16.6 Å². The summed E-state index contributed by atoms with van der Waals surface area (Å²) in [4.78, 5) is 6.91. The molecule has 0 amide bonds. The second-order valence-electron chi connectivity index (χ2n) is 2.99. The quantitative estimate of drug-likeness (QED) is 0.343. The van der Waals surface area contributed by atoms with E-state index in [1.165, 1.54) is 7.11 Å². The van der Waals surface area contributed by atoms with Crippen molar-refractivity contribution in [3.8, 4) is 5.75 Å². The van der Waals surface area contributed by atoms with Crippen molar-refractivity contribution in [1.82, 2.24) is 4.98 Å². The van der Waals surface area contributed by atoms with Crippen molar-refractivity contribution >= 4 is 28.2 Å². The number of azide groups is 1. The highest BCUT2D eigenvalue weighted by atomic mass is 35.5. The van der Waals surface area contributed by atoms with Crippen molar-refractivity contribution < 1.29 is 4.74 Å². The lowest BCUT2D eigenvalue weighted by Crippen LogP contribution is -1.89. The van der Waals surface area contributed by atoms with Gasteiger partial charge < -0.3 is 4.74 Å². The molecule has 0 fully saturated rings. The summed E-state index contributed by atoms with van der Waals surface area (Å²) in [6.07, 6.45) is 0. The Morgan fingerprint density at radius 2 is 2.19 bits per heavy atom. The molecule has 1 heterocycles. The van der Waals surface area contributed by atoms with Crippen LogP contribution in [0.2, 0.25) is 5.15 Å². The van der Waals surface area contributed by atoms with Gasteiger partial charge in [0.05, 0.1) is 18.3 Å². The number of halogens is 1. The summed E-state index contributed by atoms with van der Waals surface area (Å²) in [6.45, 7) is 0. The normalized spacial score (nSPS) is 9.88. The van der Waals surface area contributed by atoms with Gasteiger partial charge in [-0.3, -0.25) is 0 Å². The second-order valence-corrected chi connectivity index (χ2v) is 3.35. The highest BCUT2D eigenvalue weighted by Gasteiger charge is 2.12. The first kappa shape index (κ1) is 10.5. The molecule has 16 heavy (non-hydrogen) atoms. The van der Waals surface area contributed by atoms with Crippen molar-refractivity contribution in [3.05, 3.63) is 39.9 Å². The first-order valence-electron chi connectivity index (χ1n) is 4.45. The van der Waals surface area contributed by atoms with Crippen LogP contribution in [-0.2, 0) is 0 Å². The number of rotatable bonds is 2. The Labute approximate surface area is 96.2 Å². The molecule has 0 bridgehead atoms. The minimum atomic E-state index is 0.184. The number of pyridine rings is 1. The van der Waals surface area contributed by atoms with Crippen LogP contribution in [0.15, 0.2) is 29.4 Å². The lowest BCUT2D eigenvalue weighted by atomic mass is 10.2. The molecule has 1 aromatic heterocycles. The van der Waals surface area contributed by atoms with E-state index in [-0.39, 0.29) is 10.9 Å². The Kier molecular flexibility index (Phi) is 2.81. The van der Waals surface area contributed by atoms with Gasteiger partial charge in [-0.1, -0.05) is 34.9 Å². The monoisotopic (exact) mass is 234 g/mol. The van der Waals surface area contributed by atoms with Crippen molar-refractivity contribution in [2.75, 3.05) is 7.11 Å². The molecule has 80 valence electrons. The minimum absolute atomic E-state index is 0.184. The molecular formula is C10H7ClN4O. The summed E-state index contributed by atoms with van der Waals surface area (Å²) in [7, 11) is 1.45. The van der Waals surface area contributed by atoms with E-state index in [1.807, 2.05) is 12.1 Å². The maximum atomic E-state index is 8.53. The average molecular weight is 235 g/mol. The molecule has 0 aliphatic rings. The molecule has 1 aromatic carbocycles. The van der Waals surface area contributed by atoms with Gasteiger partial charge in [-0.25, -0.2) is 4.98 Å². The van der Waals surface area contributed by atoms with Crippen LogP contribution in [0.1, 0.15) is 0 Å². The summed E-state index contributed by atoms with van der Waals surface area (Å²) in [5.41, 5.74) is 9.55. The molecule has 2 rings (SSSR count). The van der Waals surface area contributed by atoms with Gasteiger partial charge in [0.15, 0.2) is 10.9 Å². The molecule has 0 saturated carbocycles. The van der Waals surface area contributed by atoms with Crippen LogP contribution >= 0.6 is 11.6 Å². The van der Waals surface area contributed by atoms with Gasteiger partial charge in [0, 0.05) is 10.3 Å². The van der Waals surface area contributed by atoms with Crippen molar-refractivity contribution in [2.24, 2.45) is 5.11 Å². The number of benzene rings is 1. The highest BCUT2D eigenvalue weighted by Crippen LogP contribution is 2.39. The standard InChI is InChI=1S/C10H7ClN4O/c1-16-9-8(14-15-12)6-4-2-3-5-7(6)13-10(9)11/h2-5H,1H3. The van der Waals surface area contributed by atoms with Gasteiger partial charge in [0.1, 0.15) is 0 Å². The van der Waals surface area contributed by atoms with Crippen LogP contribution in [0.3, 0.4) is 0 Å². The summed E-state index contributed by atoms with van der Waals surface area (Å²) in [5, 5.41) is 4.49. The lowest BCUT2D eigenvalue weighted by Gasteiger charge is -2.08. The first-order valence-corrected chi connectivity index (χ1v) is 4.83. The highest BCUT2D eigenvalue weighted by molar-refractivity contribution is 6.32. The molecule has 0 aliphatic carbocycles. The number of methoxy groups -OCH3 is 1. The second kappa shape index (κ2) is 4.26. The molecule has 0 radical (unpaired) electrons. The first-order chi connectivity index (χ1) is 7.77. The number of hydrogen-bond acceptors (Lipinski definition) is 3. The summed E-state index contributed by atoms with van der Waals surface area (Å²) in [6, 6.07) is 7.24. The number of fused-ring (bicyclic) bond motifs is 1. The fraction of sp³-hybridized carbons (Fsp3) is 0.100.